The molecule has 18 heavy (non-hydrogen) atoms. The van der Waals surface area contributed by atoms with Crippen LogP contribution in [0.4, 0.5) is 10.1 Å². The zero-order valence-electron chi connectivity index (χ0n) is 9.06. The molecule has 1 heterocycles. The summed E-state index contributed by atoms with van der Waals surface area (Å²) in [4.78, 5) is 11.9. The van der Waals surface area contributed by atoms with Gasteiger partial charge in [-0.1, -0.05) is 6.07 Å². The topological polar surface area (TPSA) is 49.3 Å². The largest absolute Gasteiger partial charge is 0.479 e. The molecule has 1 aromatic carbocycles. The number of thiophene rings is 1. The van der Waals surface area contributed by atoms with Crippen molar-refractivity contribution in [2.45, 2.75) is 6.04 Å². The van der Waals surface area contributed by atoms with Crippen LogP contribution in [0.5, 0.6) is 0 Å². The first-order valence-corrected chi connectivity index (χ1v) is 6.72. The van der Waals surface area contributed by atoms with Crippen LogP contribution in [0.2, 0.25) is 0 Å². The molecule has 0 aliphatic rings. The molecule has 1 unspecified atom stereocenters. The van der Waals surface area contributed by atoms with Gasteiger partial charge in [0.1, 0.15) is 5.82 Å². The molecule has 0 saturated heterocycles. The first kappa shape index (κ1) is 13.0. The third-order valence-corrected chi connectivity index (χ3v) is 4.01. The predicted molar refractivity (Wildman–Crippen MR) is 72.4 cm³/mol. The van der Waals surface area contributed by atoms with Crippen molar-refractivity contribution < 1.29 is 14.3 Å². The molecule has 1 aromatic heterocycles. The van der Waals surface area contributed by atoms with Gasteiger partial charge in [0.2, 0.25) is 0 Å². The van der Waals surface area contributed by atoms with Crippen LogP contribution < -0.4 is 5.32 Å². The summed E-state index contributed by atoms with van der Waals surface area (Å²) in [5.74, 6) is -1.41. The molecular weight excluding hydrogens is 321 g/mol. The van der Waals surface area contributed by atoms with Crippen LogP contribution in [-0.4, -0.2) is 11.1 Å². The second-order valence-electron chi connectivity index (χ2n) is 3.59. The van der Waals surface area contributed by atoms with E-state index >= 15 is 0 Å². The number of rotatable bonds is 4. The zero-order valence-corrected chi connectivity index (χ0v) is 11.5. The van der Waals surface area contributed by atoms with Gasteiger partial charge in [0.25, 0.3) is 0 Å². The van der Waals surface area contributed by atoms with Gasteiger partial charge in [0, 0.05) is 20.4 Å². The SMILES string of the molecule is O=C(O)C(Nc1cccc(F)c1)c1cc(Br)cs1. The minimum atomic E-state index is -1.01. The van der Waals surface area contributed by atoms with Crippen molar-refractivity contribution in [2.24, 2.45) is 0 Å². The van der Waals surface area contributed by atoms with Crippen molar-refractivity contribution in [2.75, 3.05) is 5.32 Å². The number of hydrogen-bond acceptors (Lipinski definition) is 3. The van der Waals surface area contributed by atoms with Crippen LogP contribution in [0, 0.1) is 5.82 Å². The molecule has 0 aliphatic carbocycles. The summed E-state index contributed by atoms with van der Waals surface area (Å²) in [6, 6.07) is 6.57. The summed E-state index contributed by atoms with van der Waals surface area (Å²) < 4.78 is 13.9. The third-order valence-electron chi connectivity index (χ3n) is 2.25. The van der Waals surface area contributed by atoms with Crippen LogP contribution in [0.15, 0.2) is 40.2 Å². The Morgan fingerprint density at radius 2 is 2.22 bits per heavy atom. The number of carbonyl (C=O) groups is 1. The lowest BCUT2D eigenvalue weighted by Crippen LogP contribution is -2.19. The number of carboxylic acids is 1. The van der Waals surface area contributed by atoms with Crippen molar-refractivity contribution >= 4 is 38.9 Å². The lowest BCUT2D eigenvalue weighted by Gasteiger charge is -2.14. The van der Waals surface area contributed by atoms with E-state index in [9.17, 15) is 14.3 Å². The minimum absolute atomic E-state index is 0.406. The number of aliphatic carboxylic acids is 1. The third kappa shape index (κ3) is 3.08. The highest BCUT2D eigenvalue weighted by atomic mass is 79.9. The Bertz CT molecular complexity index is 573. The maximum atomic E-state index is 13.0. The van der Waals surface area contributed by atoms with E-state index in [0.717, 1.165) is 4.47 Å². The molecule has 6 heteroatoms. The van der Waals surface area contributed by atoms with Gasteiger partial charge in [-0.05, 0) is 40.2 Å². The Labute approximate surface area is 115 Å². The molecule has 0 amide bonds. The number of anilines is 1. The average Bonchev–Trinajstić information content (AvgIpc) is 2.72. The molecule has 94 valence electrons. The standard InChI is InChI=1S/C12H9BrFNO2S/c13-7-4-10(18-6-7)11(12(16)17)15-9-3-1-2-8(14)5-9/h1-6,11,15H,(H,16,17). The normalized spacial score (nSPS) is 12.1. The number of carboxylic acid groups (broad SMARTS) is 1. The van der Waals surface area contributed by atoms with E-state index in [4.69, 9.17) is 0 Å². The maximum absolute atomic E-state index is 13.0. The van der Waals surface area contributed by atoms with Crippen molar-refractivity contribution in [1.29, 1.82) is 0 Å². The van der Waals surface area contributed by atoms with E-state index in [2.05, 4.69) is 21.2 Å². The number of nitrogens with one attached hydrogen (secondary N) is 1. The molecule has 0 saturated carbocycles. The molecule has 2 aromatic rings. The maximum Gasteiger partial charge on any atom is 0.331 e. The van der Waals surface area contributed by atoms with Crippen molar-refractivity contribution in [1.82, 2.24) is 0 Å². The second kappa shape index (κ2) is 5.49. The first-order valence-electron chi connectivity index (χ1n) is 5.05. The molecule has 0 bridgehead atoms. The molecule has 0 spiro atoms. The quantitative estimate of drug-likeness (QED) is 0.894. The van der Waals surface area contributed by atoms with Gasteiger partial charge in [-0.15, -0.1) is 11.3 Å². The fourth-order valence-corrected chi connectivity index (χ4v) is 2.97. The Morgan fingerprint density at radius 3 is 2.78 bits per heavy atom. The number of halogens is 2. The highest BCUT2D eigenvalue weighted by Gasteiger charge is 2.21. The molecule has 0 fully saturated rings. The second-order valence-corrected chi connectivity index (χ2v) is 5.45. The van der Waals surface area contributed by atoms with E-state index in [0.29, 0.717) is 10.6 Å². The van der Waals surface area contributed by atoms with E-state index in [-0.39, 0.29) is 0 Å². The molecule has 3 nitrogen and oxygen atoms in total. The lowest BCUT2D eigenvalue weighted by molar-refractivity contribution is -0.138. The lowest BCUT2D eigenvalue weighted by atomic mass is 10.2. The Morgan fingerprint density at radius 1 is 1.44 bits per heavy atom. The molecule has 0 aliphatic heterocycles. The van der Waals surface area contributed by atoms with Crippen LogP contribution in [0.3, 0.4) is 0 Å². The van der Waals surface area contributed by atoms with Gasteiger partial charge in [-0.25, -0.2) is 9.18 Å². The predicted octanol–water partition coefficient (Wildman–Crippen LogP) is 3.89. The van der Waals surface area contributed by atoms with Crippen LogP contribution in [0.25, 0.3) is 0 Å². The van der Waals surface area contributed by atoms with Crippen molar-refractivity contribution in [3.63, 3.8) is 0 Å². The molecule has 1 atom stereocenters. The van der Waals surface area contributed by atoms with Crippen LogP contribution in [-0.2, 0) is 4.79 Å². The van der Waals surface area contributed by atoms with Crippen LogP contribution in [0.1, 0.15) is 10.9 Å². The first-order chi connectivity index (χ1) is 8.56. The highest BCUT2D eigenvalue weighted by Crippen LogP contribution is 2.28. The number of benzene rings is 1. The number of hydrogen-bond donors (Lipinski definition) is 2. The van der Waals surface area contributed by atoms with E-state index in [1.165, 1.54) is 29.5 Å². The summed E-state index contributed by atoms with van der Waals surface area (Å²) in [6.45, 7) is 0. The summed E-state index contributed by atoms with van der Waals surface area (Å²) in [5, 5.41) is 13.8. The smallest absolute Gasteiger partial charge is 0.331 e. The van der Waals surface area contributed by atoms with Gasteiger partial charge < -0.3 is 10.4 Å². The summed E-state index contributed by atoms with van der Waals surface area (Å²) in [6.07, 6.45) is 0. The molecule has 0 radical (unpaired) electrons. The Kier molecular flexibility index (Phi) is 3.98. The Balaban J connectivity index is 2.24. The monoisotopic (exact) mass is 329 g/mol. The van der Waals surface area contributed by atoms with E-state index in [1.807, 2.05) is 0 Å². The van der Waals surface area contributed by atoms with E-state index in [1.54, 1.807) is 17.5 Å². The van der Waals surface area contributed by atoms with Crippen molar-refractivity contribution in [3.8, 4) is 0 Å². The minimum Gasteiger partial charge on any atom is -0.479 e. The van der Waals surface area contributed by atoms with Gasteiger partial charge in [-0.3, -0.25) is 0 Å². The molecule has 2 rings (SSSR count). The molecule has 2 N–H and O–H groups in total. The highest BCUT2D eigenvalue weighted by molar-refractivity contribution is 9.10. The van der Waals surface area contributed by atoms with Gasteiger partial charge in [0.15, 0.2) is 6.04 Å². The fourth-order valence-electron chi connectivity index (χ4n) is 1.48. The van der Waals surface area contributed by atoms with Crippen molar-refractivity contribution in [3.05, 3.63) is 50.9 Å². The molecular formula is C12H9BrFNO2S. The van der Waals surface area contributed by atoms with Gasteiger partial charge in [-0.2, -0.15) is 0 Å². The van der Waals surface area contributed by atoms with Crippen LogP contribution >= 0.6 is 27.3 Å². The van der Waals surface area contributed by atoms with Gasteiger partial charge >= 0.3 is 5.97 Å². The van der Waals surface area contributed by atoms with E-state index < -0.39 is 17.8 Å². The average molecular weight is 330 g/mol. The summed E-state index contributed by atoms with van der Waals surface area (Å²) in [5.41, 5.74) is 0.437. The zero-order chi connectivity index (χ0) is 13.1. The van der Waals surface area contributed by atoms with Gasteiger partial charge in [0.05, 0.1) is 0 Å². The summed E-state index contributed by atoms with van der Waals surface area (Å²) >= 11 is 4.60. The summed E-state index contributed by atoms with van der Waals surface area (Å²) in [7, 11) is 0. The Hall–Kier alpha value is -1.40. The fraction of sp³-hybridized carbons (Fsp3) is 0.0833.